The maximum atomic E-state index is 13.6. The monoisotopic (exact) mass is 367 g/mol. The Hall–Kier alpha value is -1.68. The quantitative estimate of drug-likeness (QED) is 0.567. The fraction of sp³-hybridized carbons (Fsp3) is 0.500. The summed E-state index contributed by atoms with van der Waals surface area (Å²) in [6.07, 6.45) is 3.19. The summed E-state index contributed by atoms with van der Waals surface area (Å²) in [6, 6.07) is 2.91. The topological polar surface area (TPSA) is 54.9 Å². The van der Waals surface area contributed by atoms with Crippen LogP contribution in [-0.2, 0) is 5.66 Å². The van der Waals surface area contributed by atoms with Crippen molar-refractivity contribution in [3.8, 4) is 0 Å². The standard InChI is InChI=1S/C18H24F2N3OP/c1-5-6-7-14(24)13-9-11-8-12(18(19,20)25)10-21-15(11)16(22-13)23-17(2,3)4/h8-10H,5-7,25H2,1-4H3,(H,22,23). The molecule has 1 unspecified atom stereocenters. The molecule has 0 amide bonds. The molecule has 0 saturated heterocycles. The Labute approximate surface area is 149 Å². The van der Waals surface area contributed by atoms with Gasteiger partial charge in [-0.15, -0.1) is 0 Å². The number of alkyl halides is 2. The van der Waals surface area contributed by atoms with Crippen molar-refractivity contribution in [3.05, 3.63) is 29.6 Å². The highest BCUT2D eigenvalue weighted by molar-refractivity contribution is 7.17. The largest absolute Gasteiger partial charge is 0.364 e. The fourth-order valence-electron chi connectivity index (χ4n) is 2.38. The van der Waals surface area contributed by atoms with E-state index in [1.165, 1.54) is 15.3 Å². The molecule has 25 heavy (non-hydrogen) atoms. The Kier molecular flexibility index (Phi) is 5.72. The van der Waals surface area contributed by atoms with Crippen LogP contribution in [0.2, 0.25) is 0 Å². The molecule has 0 radical (unpaired) electrons. The van der Waals surface area contributed by atoms with Crippen LogP contribution in [0.1, 0.15) is 63.0 Å². The molecule has 136 valence electrons. The number of Topliss-reactive ketones (excluding diaryl/α,β-unsaturated/α-hetero) is 1. The molecule has 2 aromatic heterocycles. The van der Waals surface area contributed by atoms with Gasteiger partial charge in [0.05, 0.1) is 0 Å². The Morgan fingerprint density at radius 1 is 1.28 bits per heavy atom. The second-order valence-electron chi connectivity index (χ2n) is 7.18. The van der Waals surface area contributed by atoms with Crippen LogP contribution in [0.5, 0.6) is 0 Å². The van der Waals surface area contributed by atoms with Gasteiger partial charge in [0.15, 0.2) is 11.6 Å². The van der Waals surface area contributed by atoms with E-state index in [4.69, 9.17) is 0 Å². The average Bonchev–Trinajstić information content (AvgIpc) is 2.49. The number of hydrogen-bond acceptors (Lipinski definition) is 4. The van der Waals surface area contributed by atoms with Gasteiger partial charge in [-0.1, -0.05) is 22.6 Å². The van der Waals surface area contributed by atoms with Crippen LogP contribution in [-0.4, -0.2) is 21.3 Å². The van der Waals surface area contributed by atoms with Crippen LogP contribution in [0.4, 0.5) is 14.6 Å². The molecule has 0 aromatic carbocycles. The fourth-order valence-corrected chi connectivity index (χ4v) is 2.53. The SMILES string of the molecule is CCCCC(=O)c1cc2cc(C(F)(F)P)cnc2c(NC(C)(C)C)n1. The molecule has 0 aliphatic rings. The highest BCUT2D eigenvalue weighted by Gasteiger charge is 2.26. The molecule has 2 heterocycles. The minimum Gasteiger partial charge on any atom is -0.364 e. The van der Waals surface area contributed by atoms with Crippen molar-refractivity contribution in [2.75, 3.05) is 5.32 Å². The van der Waals surface area contributed by atoms with Crippen molar-refractivity contribution in [1.82, 2.24) is 9.97 Å². The predicted octanol–water partition coefficient (Wildman–Crippen LogP) is 5.14. The third-order valence-electron chi connectivity index (χ3n) is 3.59. The molecule has 1 N–H and O–H groups in total. The number of hydrogen-bond donors (Lipinski definition) is 1. The number of unbranched alkanes of at least 4 members (excludes halogenated alkanes) is 1. The number of pyridine rings is 2. The van der Waals surface area contributed by atoms with Crippen LogP contribution < -0.4 is 5.32 Å². The number of ketones is 1. The number of anilines is 1. The van der Waals surface area contributed by atoms with E-state index in [1.54, 1.807) is 6.07 Å². The summed E-state index contributed by atoms with van der Waals surface area (Å²) in [7, 11) is 1.51. The molecule has 0 spiro atoms. The second kappa shape index (κ2) is 7.28. The summed E-state index contributed by atoms with van der Waals surface area (Å²) < 4.78 is 27.2. The molecule has 0 aliphatic heterocycles. The summed E-state index contributed by atoms with van der Waals surface area (Å²) in [6.45, 7) is 7.87. The number of halogens is 2. The van der Waals surface area contributed by atoms with Crippen molar-refractivity contribution >= 4 is 31.7 Å². The first-order valence-electron chi connectivity index (χ1n) is 8.30. The van der Waals surface area contributed by atoms with Gasteiger partial charge in [-0.3, -0.25) is 9.78 Å². The van der Waals surface area contributed by atoms with Gasteiger partial charge in [-0.05, 0) is 39.3 Å². The van der Waals surface area contributed by atoms with Gasteiger partial charge >= 0.3 is 0 Å². The molecule has 1 atom stereocenters. The molecule has 4 nitrogen and oxygen atoms in total. The van der Waals surface area contributed by atoms with Crippen LogP contribution in [0.3, 0.4) is 0 Å². The Morgan fingerprint density at radius 3 is 2.52 bits per heavy atom. The van der Waals surface area contributed by atoms with E-state index in [9.17, 15) is 13.6 Å². The zero-order valence-electron chi connectivity index (χ0n) is 15.0. The molecule has 0 fully saturated rings. The van der Waals surface area contributed by atoms with Gasteiger partial charge in [0.1, 0.15) is 11.2 Å². The van der Waals surface area contributed by atoms with Crippen LogP contribution in [0.15, 0.2) is 18.3 Å². The minimum absolute atomic E-state index is 0.0938. The van der Waals surface area contributed by atoms with Crippen LogP contribution in [0, 0.1) is 0 Å². The summed E-state index contributed by atoms with van der Waals surface area (Å²) in [4.78, 5) is 21.0. The molecule has 0 saturated carbocycles. The van der Waals surface area contributed by atoms with E-state index in [0.29, 0.717) is 23.1 Å². The lowest BCUT2D eigenvalue weighted by Gasteiger charge is -2.23. The highest BCUT2D eigenvalue weighted by atomic mass is 31.0. The Bertz CT molecular complexity index is 782. The zero-order valence-corrected chi connectivity index (χ0v) is 16.1. The van der Waals surface area contributed by atoms with Crippen LogP contribution in [0.25, 0.3) is 10.9 Å². The van der Waals surface area contributed by atoms with Gasteiger partial charge in [0.25, 0.3) is 5.66 Å². The molecular weight excluding hydrogens is 343 g/mol. The first-order valence-corrected chi connectivity index (χ1v) is 8.88. The molecule has 0 aliphatic carbocycles. The first kappa shape index (κ1) is 19.6. The predicted molar refractivity (Wildman–Crippen MR) is 100 cm³/mol. The van der Waals surface area contributed by atoms with Gasteiger partial charge in [0, 0.05) is 29.1 Å². The molecule has 7 heteroatoms. The van der Waals surface area contributed by atoms with Crippen molar-refractivity contribution in [2.24, 2.45) is 0 Å². The van der Waals surface area contributed by atoms with Crippen LogP contribution >= 0.6 is 9.24 Å². The lowest BCUT2D eigenvalue weighted by atomic mass is 10.1. The second-order valence-corrected chi connectivity index (χ2v) is 7.90. The van der Waals surface area contributed by atoms with Crippen molar-refractivity contribution < 1.29 is 13.6 Å². The van der Waals surface area contributed by atoms with E-state index >= 15 is 0 Å². The summed E-state index contributed by atoms with van der Waals surface area (Å²) in [5, 5.41) is 3.69. The Balaban J connectivity index is 2.60. The Morgan fingerprint density at radius 2 is 1.96 bits per heavy atom. The average molecular weight is 367 g/mol. The minimum atomic E-state index is -3.07. The number of carbonyl (C=O) groups excluding carboxylic acids is 1. The molecular formula is C18H24F2N3OP. The summed E-state index contributed by atoms with van der Waals surface area (Å²) in [5.74, 6) is 0.340. The molecule has 2 rings (SSSR count). The lowest BCUT2D eigenvalue weighted by molar-refractivity contribution is 0.0975. The number of aromatic nitrogens is 2. The third-order valence-corrected chi connectivity index (χ3v) is 3.92. The van der Waals surface area contributed by atoms with Crippen molar-refractivity contribution in [3.63, 3.8) is 0 Å². The van der Waals surface area contributed by atoms with Gasteiger partial charge in [0.2, 0.25) is 0 Å². The smallest absolute Gasteiger partial charge is 0.285 e. The number of rotatable bonds is 6. The van der Waals surface area contributed by atoms with E-state index in [1.807, 2.05) is 27.7 Å². The highest BCUT2D eigenvalue weighted by Crippen LogP contribution is 2.36. The maximum absolute atomic E-state index is 13.6. The van der Waals surface area contributed by atoms with Gasteiger partial charge < -0.3 is 5.32 Å². The normalized spacial score (nSPS) is 12.4. The van der Waals surface area contributed by atoms with Crippen molar-refractivity contribution in [2.45, 2.75) is 58.2 Å². The summed E-state index contributed by atoms with van der Waals surface area (Å²) in [5.41, 5.74) is -2.85. The van der Waals surface area contributed by atoms with Gasteiger partial charge in [-0.2, -0.15) is 8.78 Å². The van der Waals surface area contributed by atoms with E-state index in [-0.39, 0.29) is 22.6 Å². The number of nitrogens with one attached hydrogen (secondary N) is 1. The number of carbonyl (C=O) groups is 1. The van der Waals surface area contributed by atoms with E-state index in [0.717, 1.165) is 19.0 Å². The lowest BCUT2D eigenvalue weighted by Crippen LogP contribution is -2.27. The first-order chi connectivity index (χ1) is 11.5. The molecule has 2 aromatic rings. The summed E-state index contributed by atoms with van der Waals surface area (Å²) >= 11 is 0. The molecule has 0 bridgehead atoms. The van der Waals surface area contributed by atoms with Gasteiger partial charge in [-0.25, -0.2) is 4.98 Å². The van der Waals surface area contributed by atoms with Crippen molar-refractivity contribution in [1.29, 1.82) is 0 Å². The van der Waals surface area contributed by atoms with E-state index in [2.05, 4.69) is 15.3 Å². The van der Waals surface area contributed by atoms with E-state index < -0.39 is 5.66 Å². The third kappa shape index (κ3) is 5.15. The zero-order chi connectivity index (χ0) is 18.8. The maximum Gasteiger partial charge on any atom is 0.285 e. The number of fused-ring (bicyclic) bond motifs is 1. The number of nitrogens with zero attached hydrogens (tertiary/aromatic N) is 2.